The Morgan fingerprint density at radius 3 is 1.60 bits per heavy atom. The molecule has 3 heteroatoms. The predicted octanol–water partition coefficient (Wildman–Crippen LogP) is 12.2. The topological polar surface area (TPSA) is 25.2 Å². The quantitative estimate of drug-likeness (QED) is 0.217. The number of nitrogens with zero attached hydrogens (tertiary/aromatic N) is 1. The first-order valence-electron chi connectivity index (χ1n) is 16.3. The van der Waals surface area contributed by atoms with E-state index >= 15 is 0 Å². The van der Waals surface area contributed by atoms with Gasteiger partial charge >= 0.3 is 0 Å². The SMILES string of the molecule is Cc1cc(F)cc(-c2cc(C(C)(C)CC(C)(C)C)cc(-n3c4cc(C(C)(C)C)ccc4c4ccc(C(C)(C)C)cc43)c2O)c1C. The Bertz CT molecular complexity index is 1860. The Balaban J connectivity index is 1.99. The van der Waals surface area contributed by atoms with E-state index in [4.69, 9.17) is 0 Å². The highest BCUT2D eigenvalue weighted by Crippen LogP contribution is 2.46. The van der Waals surface area contributed by atoms with Crippen molar-refractivity contribution in [2.45, 2.75) is 113 Å². The minimum absolute atomic E-state index is 0.0496. The van der Waals surface area contributed by atoms with Crippen molar-refractivity contribution < 1.29 is 9.50 Å². The van der Waals surface area contributed by atoms with E-state index in [2.05, 4.69) is 129 Å². The average Bonchev–Trinajstić information content (AvgIpc) is 3.21. The highest BCUT2D eigenvalue weighted by Gasteiger charge is 2.31. The summed E-state index contributed by atoms with van der Waals surface area (Å²) in [6, 6.07) is 20.9. The molecule has 0 atom stereocenters. The van der Waals surface area contributed by atoms with Crippen molar-refractivity contribution in [1.82, 2.24) is 4.57 Å². The van der Waals surface area contributed by atoms with Gasteiger partial charge in [0.15, 0.2) is 0 Å². The van der Waals surface area contributed by atoms with Crippen LogP contribution in [0.4, 0.5) is 4.39 Å². The summed E-state index contributed by atoms with van der Waals surface area (Å²) in [6.07, 6.45) is 0.945. The van der Waals surface area contributed by atoms with E-state index in [-0.39, 0.29) is 33.2 Å². The van der Waals surface area contributed by atoms with Crippen LogP contribution in [-0.4, -0.2) is 9.67 Å². The largest absolute Gasteiger partial charge is 0.505 e. The number of aromatic hydroxyl groups is 1. The summed E-state index contributed by atoms with van der Waals surface area (Å²) in [5.41, 5.74) is 9.43. The summed E-state index contributed by atoms with van der Waals surface area (Å²) in [6.45, 7) is 28.7. The normalized spacial score (nSPS) is 13.3. The molecule has 0 spiro atoms. The lowest BCUT2D eigenvalue weighted by Gasteiger charge is -2.34. The van der Waals surface area contributed by atoms with E-state index in [1.165, 1.54) is 11.1 Å². The van der Waals surface area contributed by atoms with Crippen LogP contribution in [-0.2, 0) is 16.2 Å². The molecule has 4 aromatic carbocycles. The van der Waals surface area contributed by atoms with Crippen molar-refractivity contribution in [2.24, 2.45) is 5.41 Å². The molecule has 0 saturated heterocycles. The van der Waals surface area contributed by atoms with Gasteiger partial charge in [-0.05, 0) is 112 Å². The van der Waals surface area contributed by atoms with Crippen LogP contribution in [0.5, 0.6) is 5.75 Å². The zero-order valence-corrected chi connectivity index (χ0v) is 29.8. The summed E-state index contributed by atoms with van der Waals surface area (Å²) in [4.78, 5) is 0. The lowest BCUT2D eigenvalue weighted by atomic mass is 9.71. The first-order chi connectivity index (χ1) is 20.6. The van der Waals surface area contributed by atoms with Gasteiger partial charge in [0.05, 0.1) is 16.7 Å². The van der Waals surface area contributed by atoms with Crippen LogP contribution < -0.4 is 0 Å². The van der Waals surface area contributed by atoms with Gasteiger partial charge in [-0.25, -0.2) is 4.39 Å². The van der Waals surface area contributed by atoms with Crippen LogP contribution in [0, 0.1) is 25.1 Å². The van der Waals surface area contributed by atoms with E-state index in [1.54, 1.807) is 12.1 Å². The van der Waals surface area contributed by atoms with Gasteiger partial charge < -0.3 is 9.67 Å². The van der Waals surface area contributed by atoms with Crippen LogP contribution in [0.2, 0.25) is 0 Å². The van der Waals surface area contributed by atoms with Gasteiger partial charge in [-0.15, -0.1) is 0 Å². The fourth-order valence-electron chi connectivity index (χ4n) is 7.12. The second-order valence-corrected chi connectivity index (χ2v) is 17.2. The van der Waals surface area contributed by atoms with Crippen LogP contribution >= 0.6 is 0 Å². The third-order valence-corrected chi connectivity index (χ3v) is 9.51. The number of aryl methyl sites for hydroxylation is 1. The van der Waals surface area contributed by atoms with Crippen molar-refractivity contribution in [3.8, 4) is 22.6 Å². The number of aromatic nitrogens is 1. The number of phenols is 1. The summed E-state index contributed by atoms with van der Waals surface area (Å²) in [5, 5.41) is 14.7. The standard InChI is InChI=1S/C42H52FNO/c1-25-18-30(43)23-33(26(25)2)34-19-29(42(12,13)24-39(3,4)5)22-37(38(34)45)44-35-20-27(40(6,7)8)14-16-31(35)32-17-15-28(21-36(32)44)41(9,10)11/h14-23,45H,24H2,1-13H3. The number of fused-ring (bicyclic) bond motifs is 3. The van der Waals surface area contributed by atoms with Crippen LogP contribution in [0.1, 0.15) is 110 Å². The number of halogens is 1. The first kappa shape index (κ1) is 32.8. The van der Waals surface area contributed by atoms with Gasteiger partial charge in [-0.2, -0.15) is 0 Å². The van der Waals surface area contributed by atoms with Gasteiger partial charge in [0.2, 0.25) is 0 Å². The van der Waals surface area contributed by atoms with Gasteiger partial charge in [-0.3, -0.25) is 0 Å². The minimum Gasteiger partial charge on any atom is -0.505 e. The zero-order chi connectivity index (χ0) is 33.4. The third kappa shape index (κ3) is 6.16. The molecule has 0 aliphatic rings. The lowest BCUT2D eigenvalue weighted by molar-refractivity contribution is 0.284. The molecule has 1 N–H and O–H groups in total. The van der Waals surface area contributed by atoms with E-state index in [0.717, 1.165) is 56.2 Å². The number of hydrogen-bond donors (Lipinski definition) is 1. The highest BCUT2D eigenvalue weighted by atomic mass is 19.1. The summed E-state index contributed by atoms with van der Waals surface area (Å²) in [7, 11) is 0. The van der Waals surface area contributed by atoms with Crippen molar-refractivity contribution in [2.75, 3.05) is 0 Å². The van der Waals surface area contributed by atoms with Gasteiger partial charge in [0, 0.05) is 16.3 Å². The minimum atomic E-state index is -0.296. The molecule has 0 fully saturated rings. The molecule has 0 unspecified atom stereocenters. The summed E-state index contributed by atoms with van der Waals surface area (Å²) < 4.78 is 17.3. The molecule has 0 saturated carbocycles. The Morgan fingerprint density at radius 1 is 0.622 bits per heavy atom. The lowest BCUT2D eigenvalue weighted by Crippen LogP contribution is -2.25. The highest BCUT2D eigenvalue weighted by molar-refractivity contribution is 6.10. The van der Waals surface area contributed by atoms with E-state index in [1.807, 2.05) is 13.8 Å². The Morgan fingerprint density at radius 2 is 1.13 bits per heavy atom. The molecule has 2 nitrogen and oxygen atoms in total. The molecule has 1 aromatic heterocycles. The summed E-state index contributed by atoms with van der Waals surface area (Å²) >= 11 is 0. The van der Waals surface area contributed by atoms with Crippen LogP contribution in [0.3, 0.4) is 0 Å². The van der Waals surface area contributed by atoms with E-state index in [0.29, 0.717) is 5.56 Å². The number of rotatable bonds is 4. The first-order valence-corrected chi connectivity index (χ1v) is 16.3. The molecule has 0 bridgehead atoms. The second-order valence-electron chi connectivity index (χ2n) is 17.2. The van der Waals surface area contributed by atoms with Crippen molar-refractivity contribution in [3.05, 3.63) is 94.3 Å². The Kier molecular flexibility index (Phi) is 7.83. The fraction of sp³-hybridized carbons (Fsp3) is 0.429. The Labute approximate surface area is 270 Å². The molecular formula is C42H52FNO. The van der Waals surface area contributed by atoms with Crippen LogP contribution in [0.25, 0.3) is 38.6 Å². The van der Waals surface area contributed by atoms with Crippen molar-refractivity contribution in [3.63, 3.8) is 0 Å². The zero-order valence-electron chi connectivity index (χ0n) is 29.8. The Hall–Kier alpha value is -3.59. The molecule has 0 radical (unpaired) electrons. The smallest absolute Gasteiger partial charge is 0.147 e. The maximum Gasteiger partial charge on any atom is 0.147 e. The molecular weight excluding hydrogens is 553 g/mol. The molecule has 1 heterocycles. The van der Waals surface area contributed by atoms with E-state index in [9.17, 15) is 9.50 Å². The van der Waals surface area contributed by atoms with Gasteiger partial charge in [0.25, 0.3) is 0 Å². The maximum absolute atomic E-state index is 15.0. The van der Waals surface area contributed by atoms with Crippen LogP contribution in [0.15, 0.2) is 60.7 Å². The van der Waals surface area contributed by atoms with Crippen molar-refractivity contribution in [1.29, 1.82) is 0 Å². The monoisotopic (exact) mass is 605 g/mol. The van der Waals surface area contributed by atoms with Crippen molar-refractivity contribution >= 4 is 21.8 Å². The number of phenolic OH excluding ortho intramolecular Hbond substituents is 1. The molecule has 5 aromatic rings. The molecule has 5 rings (SSSR count). The molecule has 0 aliphatic heterocycles. The molecule has 238 valence electrons. The molecule has 0 amide bonds. The molecule has 0 aliphatic carbocycles. The second kappa shape index (κ2) is 10.7. The van der Waals surface area contributed by atoms with Gasteiger partial charge in [-0.1, -0.05) is 100 Å². The van der Waals surface area contributed by atoms with Gasteiger partial charge in [0.1, 0.15) is 11.6 Å². The number of benzene rings is 4. The number of hydrogen-bond acceptors (Lipinski definition) is 1. The fourth-order valence-corrected chi connectivity index (χ4v) is 7.12. The maximum atomic E-state index is 15.0. The predicted molar refractivity (Wildman–Crippen MR) is 192 cm³/mol. The third-order valence-electron chi connectivity index (χ3n) is 9.51. The summed E-state index contributed by atoms with van der Waals surface area (Å²) in [5.74, 6) is -0.130. The average molecular weight is 606 g/mol. The van der Waals surface area contributed by atoms with E-state index < -0.39 is 0 Å². The molecule has 45 heavy (non-hydrogen) atoms.